The van der Waals surface area contributed by atoms with E-state index in [0.29, 0.717) is 0 Å². The van der Waals surface area contributed by atoms with Gasteiger partial charge in [0, 0.05) is 20.7 Å². The van der Waals surface area contributed by atoms with Gasteiger partial charge in [-0.05, 0) is 127 Å². The number of hydrogen-bond acceptors (Lipinski definition) is 5. The molecule has 0 aliphatic rings. The Hall–Kier alpha value is -3.53. The molecule has 0 heterocycles. The maximum absolute atomic E-state index is 8.10. The van der Waals surface area contributed by atoms with E-state index < -0.39 is 40.5 Å². The molecule has 5 nitrogen and oxygen atoms in total. The maximum Gasteiger partial charge on any atom is 0.280 e. The summed E-state index contributed by atoms with van der Waals surface area (Å²) in [6.07, 6.45) is 3.49. The van der Waals surface area contributed by atoms with Gasteiger partial charge in [-0.15, -0.1) is 0 Å². The van der Waals surface area contributed by atoms with E-state index >= 15 is 0 Å². The fourth-order valence-electron chi connectivity index (χ4n) is 10.0. The largest absolute Gasteiger partial charge is 0.488 e. The summed E-state index contributed by atoms with van der Waals surface area (Å²) < 4.78 is 36.7. The molecule has 0 unspecified atom stereocenters. The average molecular weight is 893 g/mol. The van der Waals surface area contributed by atoms with E-state index in [2.05, 4.69) is 236 Å². The lowest BCUT2D eigenvalue weighted by molar-refractivity contribution is 0.0623. The summed E-state index contributed by atoms with van der Waals surface area (Å²) in [5.41, 5.74) is -1.54. The predicted molar refractivity (Wildman–Crippen MR) is 272 cm³/mol. The van der Waals surface area contributed by atoms with Crippen LogP contribution in [0.1, 0.15) is 164 Å². The van der Waals surface area contributed by atoms with Gasteiger partial charge in [-0.1, -0.05) is 156 Å². The summed E-state index contributed by atoms with van der Waals surface area (Å²) in [5, 5.41) is 4.15. The van der Waals surface area contributed by atoms with Gasteiger partial charge in [-0.3, -0.25) is 0 Å². The number of ether oxygens (including phenoxy) is 4. The van der Waals surface area contributed by atoms with E-state index in [4.69, 9.17) is 23.1 Å². The van der Waals surface area contributed by atoms with E-state index in [1.54, 1.807) is 0 Å². The van der Waals surface area contributed by atoms with Crippen molar-refractivity contribution in [3.05, 3.63) is 97.1 Å². The zero-order chi connectivity index (χ0) is 47.5. The van der Waals surface area contributed by atoms with Crippen molar-refractivity contribution in [1.82, 2.24) is 0 Å². The third kappa shape index (κ3) is 17.1. The van der Waals surface area contributed by atoms with Crippen molar-refractivity contribution in [3.8, 4) is 23.0 Å². The second-order valence-electron chi connectivity index (χ2n) is 25.1. The topological polar surface area (TPSA) is 46.2 Å². The van der Waals surface area contributed by atoms with Gasteiger partial charge in [-0.2, -0.15) is 0 Å². The quantitative estimate of drug-likeness (QED) is 0.0932. The van der Waals surface area contributed by atoms with Gasteiger partial charge < -0.3 is 23.1 Å². The molecule has 0 N–H and O–H groups in total. The highest BCUT2D eigenvalue weighted by Crippen LogP contribution is 2.35. The molecule has 0 fully saturated rings. The molecule has 4 aromatic carbocycles. The van der Waals surface area contributed by atoms with E-state index in [1.165, 1.54) is 0 Å². The van der Waals surface area contributed by atoms with Crippen LogP contribution in [0.2, 0.25) is 0 Å². The van der Waals surface area contributed by atoms with Gasteiger partial charge >= 0.3 is 0 Å². The minimum atomic E-state index is -2.17. The minimum absolute atomic E-state index is 0.0624. The summed E-state index contributed by atoms with van der Waals surface area (Å²) in [4.78, 5) is 0. The zero-order valence-electron chi connectivity index (χ0n) is 43.1. The first-order valence-electron chi connectivity index (χ1n) is 23.2. The fraction of sp³-hybridized carbons (Fsp3) is 0.571. The van der Waals surface area contributed by atoms with Crippen LogP contribution in [0.4, 0.5) is 0 Å². The van der Waals surface area contributed by atoms with Crippen molar-refractivity contribution in [2.45, 2.75) is 187 Å². The molecule has 0 saturated carbocycles. The Morgan fingerprint density at radius 2 is 0.460 bits per heavy atom. The van der Waals surface area contributed by atoms with Gasteiger partial charge in [0.05, 0.1) is 0 Å². The van der Waals surface area contributed by atoms with E-state index in [0.717, 1.165) is 69.4 Å². The van der Waals surface area contributed by atoms with Crippen molar-refractivity contribution in [3.63, 3.8) is 0 Å². The molecule has 2 radical (unpaired) electrons. The van der Waals surface area contributed by atoms with E-state index in [1.807, 2.05) is 0 Å². The van der Waals surface area contributed by atoms with Crippen LogP contribution in [0.25, 0.3) is 0 Å². The lowest BCUT2D eigenvalue weighted by Crippen LogP contribution is -2.57. The first-order chi connectivity index (χ1) is 28.6. The first kappa shape index (κ1) is 52.1. The highest BCUT2D eigenvalue weighted by Gasteiger charge is 2.40. The summed E-state index contributed by atoms with van der Waals surface area (Å²) in [7, 11) is -4.35. The summed E-state index contributed by atoms with van der Waals surface area (Å²) in [6, 6.07) is 34.1. The van der Waals surface area contributed by atoms with Crippen molar-refractivity contribution < 1.29 is 23.1 Å². The summed E-state index contributed by atoms with van der Waals surface area (Å²) >= 11 is 0. The van der Waals surface area contributed by atoms with E-state index in [9.17, 15) is 0 Å². The van der Waals surface area contributed by atoms with Gasteiger partial charge in [0.15, 0.2) is 0 Å². The lowest BCUT2D eigenvalue weighted by atomic mass is 9.83. The van der Waals surface area contributed by atoms with Crippen LogP contribution in [0, 0.1) is 21.7 Å². The second kappa shape index (κ2) is 19.5. The predicted octanol–water partition coefficient (Wildman–Crippen LogP) is 13.0. The molecule has 0 atom stereocenters. The van der Waals surface area contributed by atoms with Crippen molar-refractivity contribution in [2.75, 3.05) is 0 Å². The third-order valence-electron chi connectivity index (χ3n) is 10.1. The molecule has 0 aliphatic carbocycles. The van der Waals surface area contributed by atoms with Crippen LogP contribution in [0.15, 0.2) is 97.1 Å². The maximum atomic E-state index is 8.10. The van der Waals surface area contributed by atoms with Crippen LogP contribution in [-0.2, 0) is 4.12 Å². The summed E-state index contributed by atoms with van der Waals surface area (Å²) in [5.74, 6) is 3.32. The molecule has 346 valence electrons. The second-order valence-corrected chi connectivity index (χ2v) is 29.4. The molecule has 63 heavy (non-hydrogen) atoms. The molecule has 0 amide bonds. The van der Waals surface area contributed by atoms with Crippen molar-refractivity contribution in [2.24, 2.45) is 21.7 Å². The Bertz CT molecular complexity index is 1790. The van der Waals surface area contributed by atoms with Crippen LogP contribution in [0.5, 0.6) is 23.0 Å². The normalized spacial score (nSPS) is 13.7. The van der Waals surface area contributed by atoms with Gasteiger partial charge in [0.2, 0.25) is 0 Å². The number of benzene rings is 4. The van der Waals surface area contributed by atoms with Crippen molar-refractivity contribution >= 4 is 38.8 Å². The van der Waals surface area contributed by atoms with Crippen LogP contribution < -0.4 is 39.7 Å². The Balaban J connectivity index is 2.07. The smallest absolute Gasteiger partial charge is 0.280 e. The zero-order valence-corrected chi connectivity index (χ0v) is 45.1. The van der Waals surface area contributed by atoms with Crippen LogP contribution in [0.3, 0.4) is 0 Å². The van der Waals surface area contributed by atoms with Gasteiger partial charge in [0.25, 0.3) is 18.1 Å². The average Bonchev–Trinajstić information content (AvgIpc) is 3.05. The van der Waals surface area contributed by atoms with Crippen LogP contribution in [-0.4, -0.2) is 40.5 Å². The Morgan fingerprint density at radius 3 is 0.635 bits per heavy atom. The standard InChI is InChI=1S/C56H84O5Si2/c1-49(2,3)37-53(13,14)57-41-29-21-25-33-45(41)62(46-34-26-22-30-42(46)58-54(15,16)38-50(4,5)6)61-63(47-35-27-23-31-43(47)59-55(17,18)39-51(7,8)9)48-36-28-24-32-44(48)60-56(19,20)40-52(10,11)12/h21-36H,37-40H2,1-20H3. The molecule has 0 aliphatic heterocycles. The third-order valence-corrected chi connectivity index (χ3v) is 15.3. The molecule has 0 bridgehead atoms. The highest BCUT2D eigenvalue weighted by atomic mass is 28.4. The number of para-hydroxylation sites is 4. The number of hydrogen-bond donors (Lipinski definition) is 0. The number of rotatable bonds is 18. The highest BCUT2D eigenvalue weighted by molar-refractivity contribution is 6.93. The molecule has 4 rings (SSSR count). The molecular weight excluding hydrogens is 809 g/mol. The Kier molecular flexibility index (Phi) is 16.1. The van der Waals surface area contributed by atoms with Gasteiger partial charge in [0.1, 0.15) is 45.4 Å². The first-order valence-corrected chi connectivity index (χ1v) is 26.0. The minimum Gasteiger partial charge on any atom is -0.488 e. The molecule has 0 aromatic heterocycles. The monoisotopic (exact) mass is 893 g/mol. The van der Waals surface area contributed by atoms with Crippen molar-refractivity contribution in [1.29, 1.82) is 0 Å². The lowest BCUT2D eigenvalue weighted by Gasteiger charge is -2.37. The Labute approximate surface area is 388 Å². The molecule has 4 aromatic rings. The van der Waals surface area contributed by atoms with Crippen LogP contribution >= 0.6 is 0 Å². The molecule has 0 saturated heterocycles. The van der Waals surface area contributed by atoms with Gasteiger partial charge in [-0.25, -0.2) is 0 Å². The summed E-state index contributed by atoms with van der Waals surface area (Å²) in [6.45, 7) is 44.9. The van der Waals surface area contributed by atoms with E-state index in [-0.39, 0.29) is 21.7 Å². The molecule has 7 heteroatoms. The SMILES string of the molecule is CC(C)(C)CC(C)(C)Oc1ccccc1[Si](O[Si](c1ccccc1OC(C)(C)CC(C)(C)C)c1ccccc1OC(C)(C)CC(C)(C)C)c1ccccc1OC(C)(C)CC(C)(C)C. The Morgan fingerprint density at radius 1 is 0.286 bits per heavy atom. The fourth-order valence-corrected chi connectivity index (χ4v) is 15.6. The molecule has 0 spiro atoms. The molecular formula is C56H84O5Si2.